The van der Waals surface area contributed by atoms with Crippen LogP contribution in [0.2, 0.25) is 0 Å². The lowest BCUT2D eigenvalue weighted by molar-refractivity contribution is -0.165. The highest BCUT2D eigenvalue weighted by atomic mass is 19.1. The number of nitrogens with two attached hydrogens (primary N) is 1. The average molecular weight is 418 g/mol. The van der Waals surface area contributed by atoms with Gasteiger partial charge in [0.05, 0.1) is 17.8 Å². The van der Waals surface area contributed by atoms with Gasteiger partial charge in [-0.3, -0.25) is 4.79 Å². The van der Waals surface area contributed by atoms with E-state index in [4.69, 9.17) is 5.73 Å². The molecule has 0 aromatic heterocycles. The van der Waals surface area contributed by atoms with E-state index in [1.807, 2.05) is 19.9 Å². The molecule has 5 N–H and O–H groups in total. The van der Waals surface area contributed by atoms with Crippen molar-refractivity contribution in [3.63, 3.8) is 0 Å². The largest absolute Gasteiger partial charge is 0.480 e. The number of benzene rings is 1. The lowest BCUT2D eigenvalue weighted by atomic mass is 9.82. The third-order valence-corrected chi connectivity index (χ3v) is 4.86. The van der Waals surface area contributed by atoms with Crippen LogP contribution in [0.15, 0.2) is 47.8 Å². The summed E-state index contributed by atoms with van der Waals surface area (Å²) in [5, 5.41) is 15.0. The van der Waals surface area contributed by atoms with Crippen molar-refractivity contribution >= 4 is 17.9 Å². The molecule has 162 valence electrons. The minimum absolute atomic E-state index is 0.190. The van der Waals surface area contributed by atoms with Gasteiger partial charge < -0.3 is 21.5 Å². The maximum Gasteiger partial charge on any atom is 0.327 e. The fraction of sp³-hybridized carbons (Fsp3) is 0.381. The molecule has 3 rings (SSSR count). The van der Waals surface area contributed by atoms with E-state index in [2.05, 4.69) is 10.6 Å². The number of halogens is 1. The molecule has 0 saturated carbocycles. The Labute approximate surface area is 174 Å². The SMILES string of the molecule is CC.CC(NC(=O)N1C(=O)[C@H](CC2=CCNC(N)=C2)C1C(=O)O)c1ccc(F)cc1. The number of amides is 3. The molecular formula is C21H27FN4O4. The molecule has 1 aromatic rings. The Morgan fingerprint density at radius 1 is 1.33 bits per heavy atom. The Kier molecular flexibility index (Phi) is 7.57. The third-order valence-electron chi connectivity index (χ3n) is 4.86. The fourth-order valence-electron chi connectivity index (χ4n) is 3.35. The van der Waals surface area contributed by atoms with E-state index in [1.54, 1.807) is 13.0 Å². The molecule has 3 atom stereocenters. The number of β-lactam (4-membered cyclic amide) rings is 1. The second-order valence-electron chi connectivity index (χ2n) is 6.78. The highest BCUT2D eigenvalue weighted by Gasteiger charge is 2.54. The fourth-order valence-corrected chi connectivity index (χ4v) is 3.35. The van der Waals surface area contributed by atoms with Gasteiger partial charge in [0.2, 0.25) is 5.91 Å². The Bertz CT molecular complexity index is 866. The number of carboxylic acids is 1. The summed E-state index contributed by atoms with van der Waals surface area (Å²) in [6, 6.07) is 2.97. The van der Waals surface area contributed by atoms with E-state index in [0.29, 0.717) is 17.9 Å². The third kappa shape index (κ3) is 4.97. The predicted octanol–water partition coefficient (Wildman–Crippen LogP) is 2.25. The van der Waals surface area contributed by atoms with Crippen molar-refractivity contribution < 1.29 is 23.9 Å². The number of carbonyl (C=O) groups is 3. The van der Waals surface area contributed by atoms with Crippen molar-refractivity contribution in [1.82, 2.24) is 15.5 Å². The van der Waals surface area contributed by atoms with E-state index < -0.39 is 41.7 Å². The van der Waals surface area contributed by atoms with Gasteiger partial charge in [0, 0.05) is 6.54 Å². The second-order valence-corrected chi connectivity index (χ2v) is 6.78. The Morgan fingerprint density at radius 3 is 2.53 bits per heavy atom. The molecule has 2 aliphatic rings. The highest BCUT2D eigenvalue weighted by molar-refractivity contribution is 6.07. The van der Waals surface area contributed by atoms with Gasteiger partial charge >= 0.3 is 12.0 Å². The van der Waals surface area contributed by atoms with Crippen LogP contribution in [0.3, 0.4) is 0 Å². The van der Waals surface area contributed by atoms with Gasteiger partial charge in [-0.05, 0) is 42.7 Å². The van der Waals surface area contributed by atoms with Gasteiger partial charge in [-0.15, -0.1) is 0 Å². The van der Waals surface area contributed by atoms with Gasteiger partial charge in [0.15, 0.2) is 6.04 Å². The van der Waals surface area contributed by atoms with E-state index in [0.717, 1.165) is 10.5 Å². The zero-order valence-corrected chi connectivity index (χ0v) is 17.2. The molecule has 3 amide bonds. The van der Waals surface area contributed by atoms with Crippen LogP contribution in [0, 0.1) is 11.7 Å². The van der Waals surface area contributed by atoms with Crippen molar-refractivity contribution in [2.45, 2.75) is 39.3 Å². The number of dihydropyridines is 1. The van der Waals surface area contributed by atoms with Crippen LogP contribution in [0.1, 0.15) is 38.8 Å². The minimum atomic E-state index is -1.25. The molecule has 0 spiro atoms. The van der Waals surface area contributed by atoms with Crippen LogP contribution >= 0.6 is 0 Å². The monoisotopic (exact) mass is 418 g/mol. The number of rotatable bonds is 5. The first-order valence-corrected chi connectivity index (χ1v) is 9.80. The van der Waals surface area contributed by atoms with Gasteiger partial charge in [-0.2, -0.15) is 0 Å². The number of urea groups is 1. The maximum atomic E-state index is 13.0. The van der Waals surface area contributed by atoms with Gasteiger partial charge in [0.25, 0.3) is 0 Å². The molecule has 1 aromatic carbocycles. The Hall–Kier alpha value is -3.36. The molecule has 0 radical (unpaired) electrons. The summed E-state index contributed by atoms with van der Waals surface area (Å²) >= 11 is 0. The van der Waals surface area contributed by atoms with Crippen molar-refractivity contribution in [1.29, 1.82) is 0 Å². The van der Waals surface area contributed by atoms with Crippen molar-refractivity contribution in [3.05, 3.63) is 59.2 Å². The summed E-state index contributed by atoms with van der Waals surface area (Å²) in [6.45, 7) is 6.16. The molecule has 1 fully saturated rings. The summed E-state index contributed by atoms with van der Waals surface area (Å²) < 4.78 is 13.0. The molecule has 0 aliphatic carbocycles. The average Bonchev–Trinajstić information content (AvgIpc) is 2.71. The molecule has 9 heteroatoms. The van der Waals surface area contributed by atoms with Crippen molar-refractivity contribution in [2.75, 3.05) is 6.54 Å². The summed E-state index contributed by atoms with van der Waals surface area (Å²) in [7, 11) is 0. The van der Waals surface area contributed by atoms with Crippen LogP contribution in [-0.2, 0) is 9.59 Å². The second kappa shape index (κ2) is 9.91. The minimum Gasteiger partial charge on any atom is -0.480 e. The lowest BCUT2D eigenvalue weighted by Crippen LogP contribution is -2.68. The van der Waals surface area contributed by atoms with Gasteiger partial charge in [-0.25, -0.2) is 18.9 Å². The molecule has 30 heavy (non-hydrogen) atoms. The molecular weight excluding hydrogens is 391 g/mol. The van der Waals surface area contributed by atoms with Gasteiger partial charge in [0.1, 0.15) is 5.82 Å². The first kappa shape index (κ1) is 22.9. The maximum absolute atomic E-state index is 13.0. The standard InChI is InChI=1S/C19H21FN4O4.C2H6/c1-10(12-2-4-13(20)5-3-12)23-19(28)24-16(18(26)27)14(17(24)25)8-11-6-7-22-15(21)9-11;1-2/h2-6,9-10,14,16,22H,7-8,21H2,1H3,(H,23,28)(H,26,27);1-2H3/t10?,14-,16?;/m1./s1. The number of nitrogens with one attached hydrogen (secondary N) is 2. The van der Waals surface area contributed by atoms with E-state index >= 15 is 0 Å². The predicted molar refractivity (Wildman–Crippen MR) is 109 cm³/mol. The summed E-state index contributed by atoms with van der Waals surface area (Å²) in [6.07, 6.45) is 3.66. The molecule has 8 nitrogen and oxygen atoms in total. The number of imide groups is 1. The number of nitrogens with zero attached hydrogens (tertiary/aromatic N) is 1. The Morgan fingerprint density at radius 2 is 1.97 bits per heavy atom. The van der Waals surface area contributed by atoms with Gasteiger partial charge in [-0.1, -0.05) is 32.1 Å². The topological polar surface area (TPSA) is 125 Å². The van der Waals surface area contributed by atoms with Crippen LogP contribution in [-0.4, -0.2) is 40.5 Å². The number of hydrogen-bond acceptors (Lipinski definition) is 5. The number of hydrogen-bond donors (Lipinski definition) is 4. The molecule has 2 heterocycles. The van der Waals surface area contributed by atoms with Crippen LogP contribution in [0.5, 0.6) is 0 Å². The number of aliphatic carboxylic acids is 1. The van der Waals surface area contributed by atoms with E-state index in [1.165, 1.54) is 24.3 Å². The summed E-state index contributed by atoms with van der Waals surface area (Å²) in [5.41, 5.74) is 7.08. The van der Waals surface area contributed by atoms with Crippen LogP contribution in [0.4, 0.5) is 9.18 Å². The zero-order chi connectivity index (χ0) is 22.4. The molecule has 1 saturated heterocycles. The van der Waals surface area contributed by atoms with Crippen LogP contribution in [0.25, 0.3) is 0 Å². The number of likely N-dealkylation sites (tertiary alicyclic amines) is 1. The summed E-state index contributed by atoms with van der Waals surface area (Å²) in [5.74, 6) is -2.60. The molecule has 2 aliphatic heterocycles. The lowest BCUT2D eigenvalue weighted by Gasteiger charge is -2.43. The zero-order valence-electron chi connectivity index (χ0n) is 17.2. The smallest absolute Gasteiger partial charge is 0.327 e. The first-order valence-electron chi connectivity index (χ1n) is 9.80. The van der Waals surface area contributed by atoms with E-state index in [9.17, 15) is 23.9 Å². The van der Waals surface area contributed by atoms with Crippen LogP contribution < -0.4 is 16.4 Å². The normalized spacial score (nSPS) is 21.1. The number of allylic oxidation sites excluding steroid dienone is 2. The quantitative estimate of drug-likeness (QED) is 0.544. The molecule has 2 unspecified atom stereocenters. The first-order chi connectivity index (χ1) is 14.3. The number of carboxylic acid groups (broad SMARTS) is 1. The van der Waals surface area contributed by atoms with Crippen molar-refractivity contribution in [2.24, 2.45) is 11.7 Å². The van der Waals surface area contributed by atoms with Crippen molar-refractivity contribution in [3.8, 4) is 0 Å². The highest BCUT2D eigenvalue weighted by Crippen LogP contribution is 2.33. The number of carbonyl (C=O) groups excluding carboxylic acids is 2. The Balaban J connectivity index is 0.00000155. The molecule has 0 bridgehead atoms. The van der Waals surface area contributed by atoms with E-state index in [-0.39, 0.29) is 6.42 Å². The summed E-state index contributed by atoms with van der Waals surface area (Å²) in [4.78, 5) is 37.4.